The highest BCUT2D eigenvalue weighted by molar-refractivity contribution is 5.74. The maximum Gasteiger partial charge on any atom is 0.245 e. The molecule has 3 aliphatic carbocycles. The smallest absolute Gasteiger partial charge is 0.245 e. The van der Waals surface area contributed by atoms with Crippen molar-refractivity contribution in [2.75, 3.05) is 7.05 Å². The van der Waals surface area contributed by atoms with Gasteiger partial charge in [0.2, 0.25) is 5.91 Å². The molecule has 0 aromatic carbocycles. The summed E-state index contributed by atoms with van der Waals surface area (Å²) in [5.74, 6) is 1.35. The molecule has 0 aromatic heterocycles. The van der Waals surface area contributed by atoms with Crippen LogP contribution in [-0.4, -0.2) is 34.4 Å². The Morgan fingerprint density at radius 1 is 1.14 bits per heavy atom. The van der Waals surface area contributed by atoms with E-state index in [1.54, 1.807) is 5.57 Å². The minimum absolute atomic E-state index is 0.131. The first-order valence-electron chi connectivity index (χ1n) is 11.9. The molecule has 4 atom stereocenters. The molecule has 3 fully saturated rings. The molecule has 0 bridgehead atoms. The van der Waals surface area contributed by atoms with Gasteiger partial charge in [0.15, 0.2) is 0 Å². The van der Waals surface area contributed by atoms with E-state index in [0.29, 0.717) is 16.9 Å². The molecule has 0 spiro atoms. The third kappa shape index (κ3) is 5.73. The summed E-state index contributed by atoms with van der Waals surface area (Å²) in [6.07, 6.45) is 20.2. The second kappa shape index (κ2) is 10.3. The van der Waals surface area contributed by atoms with Crippen molar-refractivity contribution in [2.24, 2.45) is 17.3 Å². The van der Waals surface area contributed by atoms with Crippen molar-refractivity contribution >= 4 is 5.91 Å². The average molecular weight is 404 g/mol. The molecule has 0 saturated heterocycles. The lowest BCUT2D eigenvalue weighted by atomic mass is 9.62. The predicted molar refractivity (Wildman–Crippen MR) is 116 cm³/mol. The van der Waals surface area contributed by atoms with E-state index in [4.69, 9.17) is 5.21 Å². The van der Waals surface area contributed by atoms with Gasteiger partial charge in [-0.15, -0.1) is 0 Å². The molecule has 4 heteroatoms. The van der Waals surface area contributed by atoms with E-state index < -0.39 is 0 Å². The number of carbonyl (C=O) groups is 1. The number of rotatable bonds is 7. The number of amides is 1. The van der Waals surface area contributed by atoms with Crippen molar-refractivity contribution in [3.8, 4) is 0 Å². The number of allylic oxidation sites excluding steroid dienone is 3. The Morgan fingerprint density at radius 2 is 1.97 bits per heavy atom. The molecule has 29 heavy (non-hydrogen) atoms. The fourth-order valence-corrected chi connectivity index (χ4v) is 6.27. The number of fused-ring (bicyclic) bond motifs is 1. The summed E-state index contributed by atoms with van der Waals surface area (Å²) in [6, 6.07) is 0. The van der Waals surface area contributed by atoms with Crippen LogP contribution in [-0.2, 0) is 4.79 Å². The van der Waals surface area contributed by atoms with Crippen LogP contribution in [0.3, 0.4) is 0 Å². The number of hydrogen-bond acceptors (Lipinski definition) is 3. The van der Waals surface area contributed by atoms with Crippen LogP contribution in [0.5, 0.6) is 0 Å². The van der Waals surface area contributed by atoms with Gasteiger partial charge in [-0.2, -0.15) is 0 Å². The van der Waals surface area contributed by atoms with Crippen molar-refractivity contribution in [1.82, 2.24) is 5.06 Å². The predicted octanol–water partition coefficient (Wildman–Crippen LogP) is 5.79. The van der Waals surface area contributed by atoms with Crippen LogP contribution < -0.4 is 0 Å². The standard InChI is InChI=1S/C25H41NO3/c1-25-17-7-9-20(14-13-19-8-6-11-22(27)18-19)23(25)16-15-21(25)10-4-3-5-12-24(28)26(2)29/h13-14,21-23,27,29H,3-12,15-18H2,1-2H3/b19-13-,20-14+. The molecule has 0 aromatic rings. The van der Waals surface area contributed by atoms with Crippen molar-refractivity contribution in [2.45, 2.75) is 103 Å². The molecule has 164 valence electrons. The summed E-state index contributed by atoms with van der Waals surface area (Å²) in [5, 5.41) is 19.8. The molecular formula is C25H41NO3. The normalized spacial score (nSPS) is 35.1. The monoisotopic (exact) mass is 403 g/mol. The summed E-state index contributed by atoms with van der Waals surface area (Å²) in [4.78, 5) is 11.5. The van der Waals surface area contributed by atoms with E-state index in [2.05, 4.69) is 19.1 Å². The lowest BCUT2D eigenvalue weighted by Gasteiger charge is -2.42. The molecule has 0 heterocycles. The molecule has 3 aliphatic rings. The Hall–Kier alpha value is -1.13. The molecule has 0 radical (unpaired) electrons. The van der Waals surface area contributed by atoms with Crippen LogP contribution in [0, 0.1) is 17.3 Å². The largest absolute Gasteiger partial charge is 0.393 e. The van der Waals surface area contributed by atoms with E-state index in [0.717, 1.165) is 50.4 Å². The van der Waals surface area contributed by atoms with Crippen molar-refractivity contribution < 1.29 is 15.1 Å². The highest BCUT2D eigenvalue weighted by Gasteiger charge is 2.48. The highest BCUT2D eigenvalue weighted by Crippen LogP contribution is 2.58. The van der Waals surface area contributed by atoms with Gasteiger partial charge in [-0.1, -0.05) is 43.1 Å². The molecule has 0 aliphatic heterocycles. The Labute approximate surface area is 177 Å². The number of hydrogen-bond donors (Lipinski definition) is 2. The third-order valence-corrected chi connectivity index (χ3v) is 8.03. The topological polar surface area (TPSA) is 60.8 Å². The van der Waals surface area contributed by atoms with Crippen LogP contribution in [0.1, 0.15) is 96.8 Å². The van der Waals surface area contributed by atoms with E-state index >= 15 is 0 Å². The lowest BCUT2D eigenvalue weighted by Crippen LogP contribution is -2.33. The fraction of sp³-hybridized carbons (Fsp3) is 0.800. The van der Waals surface area contributed by atoms with E-state index in [1.807, 2.05) is 0 Å². The number of hydroxylamine groups is 2. The zero-order chi connectivity index (χ0) is 20.9. The van der Waals surface area contributed by atoms with Crippen molar-refractivity contribution in [1.29, 1.82) is 0 Å². The summed E-state index contributed by atoms with van der Waals surface area (Å²) < 4.78 is 0. The van der Waals surface area contributed by atoms with Gasteiger partial charge in [-0.25, -0.2) is 5.06 Å². The van der Waals surface area contributed by atoms with Crippen LogP contribution in [0.2, 0.25) is 0 Å². The zero-order valence-corrected chi connectivity index (χ0v) is 18.5. The molecule has 4 nitrogen and oxygen atoms in total. The van der Waals surface area contributed by atoms with Gasteiger partial charge in [-0.3, -0.25) is 10.0 Å². The van der Waals surface area contributed by atoms with Gasteiger partial charge in [0, 0.05) is 13.5 Å². The quantitative estimate of drug-likeness (QED) is 0.321. The molecule has 2 N–H and O–H groups in total. The summed E-state index contributed by atoms with van der Waals surface area (Å²) in [6.45, 7) is 2.53. The van der Waals surface area contributed by atoms with Crippen LogP contribution >= 0.6 is 0 Å². The lowest BCUT2D eigenvalue weighted by molar-refractivity contribution is -0.159. The number of carbonyl (C=O) groups excluding carboxylic acids is 1. The number of aliphatic hydroxyl groups excluding tert-OH is 1. The molecule has 4 unspecified atom stereocenters. The summed E-state index contributed by atoms with van der Waals surface area (Å²) in [7, 11) is 1.41. The minimum Gasteiger partial charge on any atom is -0.393 e. The molecule has 3 rings (SSSR count). The second-order valence-corrected chi connectivity index (χ2v) is 10.0. The Bertz CT molecular complexity index is 624. The van der Waals surface area contributed by atoms with Gasteiger partial charge >= 0.3 is 0 Å². The van der Waals surface area contributed by atoms with E-state index in [-0.39, 0.29) is 12.0 Å². The molecule has 3 saturated carbocycles. The minimum atomic E-state index is -0.181. The zero-order valence-electron chi connectivity index (χ0n) is 18.5. The van der Waals surface area contributed by atoms with Crippen molar-refractivity contribution in [3.63, 3.8) is 0 Å². The molecular weight excluding hydrogens is 362 g/mol. The van der Waals surface area contributed by atoms with Crippen LogP contribution in [0.25, 0.3) is 0 Å². The van der Waals surface area contributed by atoms with Gasteiger partial charge in [-0.05, 0) is 87.9 Å². The van der Waals surface area contributed by atoms with Gasteiger partial charge < -0.3 is 5.11 Å². The first kappa shape index (κ1) is 22.6. The van der Waals surface area contributed by atoms with Gasteiger partial charge in [0.05, 0.1) is 6.10 Å². The highest BCUT2D eigenvalue weighted by atomic mass is 16.5. The van der Waals surface area contributed by atoms with Crippen LogP contribution in [0.4, 0.5) is 0 Å². The number of aliphatic hydroxyl groups is 1. The maximum absolute atomic E-state index is 11.5. The third-order valence-electron chi connectivity index (χ3n) is 8.03. The number of nitrogens with zero attached hydrogens (tertiary/aromatic N) is 1. The summed E-state index contributed by atoms with van der Waals surface area (Å²) in [5.41, 5.74) is 3.53. The molecule has 1 amide bonds. The summed E-state index contributed by atoms with van der Waals surface area (Å²) >= 11 is 0. The van der Waals surface area contributed by atoms with E-state index in [9.17, 15) is 9.90 Å². The van der Waals surface area contributed by atoms with Crippen molar-refractivity contribution in [3.05, 3.63) is 23.3 Å². The van der Waals surface area contributed by atoms with E-state index in [1.165, 1.54) is 57.6 Å². The Kier molecular flexibility index (Phi) is 7.98. The van der Waals surface area contributed by atoms with Gasteiger partial charge in [0.25, 0.3) is 0 Å². The number of unbranched alkanes of at least 4 members (excludes halogenated alkanes) is 2. The maximum atomic E-state index is 11.5. The second-order valence-electron chi connectivity index (χ2n) is 10.0. The SMILES string of the molecule is CN(O)C(=O)CCCCCC1CCC2/C(=C/C=C3/CCCC(O)C3)CCCC12C. The Balaban J connectivity index is 1.52. The van der Waals surface area contributed by atoms with Crippen LogP contribution in [0.15, 0.2) is 23.3 Å². The first-order valence-corrected chi connectivity index (χ1v) is 11.9. The van der Waals surface area contributed by atoms with Gasteiger partial charge in [0.1, 0.15) is 0 Å². The average Bonchev–Trinajstić information content (AvgIpc) is 3.02. The first-order chi connectivity index (χ1) is 13.9. The Morgan fingerprint density at radius 3 is 2.72 bits per heavy atom. The fourth-order valence-electron chi connectivity index (χ4n) is 6.27.